The monoisotopic (exact) mass is 437 g/mol. The quantitative estimate of drug-likeness (QED) is 0.430. The number of amides is 1. The van der Waals surface area contributed by atoms with Gasteiger partial charge in [0.25, 0.3) is 0 Å². The lowest BCUT2D eigenvalue weighted by Gasteiger charge is -2.13. The number of benzene rings is 2. The number of fused-ring (bicyclic) bond motifs is 1. The van der Waals surface area contributed by atoms with Gasteiger partial charge in [-0.3, -0.25) is 4.79 Å². The first-order chi connectivity index (χ1) is 15.7. The van der Waals surface area contributed by atoms with Crippen molar-refractivity contribution in [3.05, 3.63) is 59.9 Å². The van der Waals surface area contributed by atoms with Crippen LogP contribution in [0.25, 0.3) is 17.1 Å². The number of hydrogen-bond donors (Lipinski definition) is 1. The van der Waals surface area contributed by atoms with Crippen LogP contribution in [-0.2, 0) is 22.6 Å². The molecule has 0 spiro atoms. The minimum absolute atomic E-state index is 0.0384. The minimum Gasteiger partial charge on any atom is -0.493 e. The van der Waals surface area contributed by atoms with Crippen molar-refractivity contribution in [3.63, 3.8) is 0 Å². The second-order valence-electron chi connectivity index (χ2n) is 7.34. The summed E-state index contributed by atoms with van der Waals surface area (Å²) < 4.78 is 18.5. The summed E-state index contributed by atoms with van der Waals surface area (Å²) >= 11 is 0. The maximum Gasteiger partial charge on any atom is 0.246 e. The minimum atomic E-state index is -0.158. The van der Waals surface area contributed by atoms with Crippen LogP contribution in [0.3, 0.4) is 0 Å². The molecule has 1 N–H and O–H groups in total. The van der Waals surface area contributed by atoms with Crippen LogP contribution in [0.4, 0.5) is 0 Å². The summed E-state index contributed by atoms with van der Waals surface area (Å²) in [7, 11) is 3.15. The predicted molar refractivity (Wildman–Crippen MR) is 126 cm³/mol. The Morgan fingerprint density at radius 1 is 1.12 bits per heavy atom. The smallest absolute Gasteiger partial charge is 0.246 e. The Morgan fingerprint density at radius 2 is 1.97 bits per heavy atom. The van der Waals surface area contributed by atoms with E-state index in [1.54, 1.807) is 7.11 Å². The second kappa shape index (κ2) is 11.9. The van der Waals surface area contributed by atoms with Crippen molar-refractivity contribution in [2.75, 3.05) is 27.4 Å². The van der Waals surface area contributed by atoms with E-state index in [2.05, 4.69) is 16.0 Å². The highest BCUT2D eigenvalue weighted by atomic mass is 16.5. The van der Waals surface area contributed by atoms with Crippen molar-refractivity contribution in [2.45, 2.75) is 32.9 Å². The number of rotatable bonds is 12. The number of ether oxygens (including phenoxy) is 3. The molecule has 0 saturated carbocycles. The van der Waals surface area contributed by atoms with E-state index in [0.717, 1.165) is 53.3 Å². The summed E-state index contributed by atoms with van der Waals surface area (Å²) in [6, 6.07) is 13.9. The molecule has 32 heavy (non-hydrogen) atoms. The van der Waals surface area contributed by atoms with Gasteiger partial charge in [-0.15, -0.1) is 0 Å². The lowest BCUT2D eigenvalue weighted by Crippen LogP contribution is -2.28. The molecule has 3 aromatic rings. The first-order valence-electron chi connectivity index (χ1n) is 10.8. The fraction of sp³-hybridized carbons (Fsp3) is 0.360. The van der Waals surface area contributed by atoms with E-state index in [1.165, 1.54) is 7.11 Å². The maximum atomic E-state index is 11.8. The Balaban J connectivity index is 1.58. The van der Waals surface area contributed by atoms with Crippen LogP contribution < -0.4 is 14.8 Å². The zero-order valence-corrected chi connectivity index (χ0v) is 19.0. The number of carbonyl (C=O) groups excluding carboxylic acids is 1. The van der Waals surface area contributed by atoms with E-state index in [-0.39, 0.29) is 12.5 Å². The number of aromatic nitrogens is 2. The van der Waals surface area contributed by atoms with E-state index in [4.69, 9.17) is 19.2 Å². The van der Waals surface area contributed by atoms with E-state index >= 15 is 0 Å². The molecule has 0 radical (unpaired) electrons. The van der Waals surface area contributed by atoms with Crippen molar-refractivity contribution < 1.29 is 19.0 Å². The van der Waals surface area contributed by atoms with Crippen molar-refractivity contribution >= 4 is 23.0 Å². The number of hydrogen-bond acceptors (Lipinski definition) is 5. The lowest BCUT2D eigenvalue weighted by molar-refractivity contribution is -0.124. The molecule has 7 heteroatoms. The standard InChI is InChI=1S/C25H31N3O4/c1-4-9-19-12-13-22(23(16-19)31-3)32-15-8-7-14-28-21-11-6-5-10-20(21)27-24(28)17-26-25(29)18-30-2/h4-6,9-13,16H,7-8,14-15,17-18H2,1-3H3,(H,26,29)/b9-4+. The molecule has 0 aliphatic rings. The number of methoxy groups -OCH3 is 2. The van der Waals surface area contributed by atoms with Gasteiger partial charge in [0.15, 0.2) is 11.5 Å². The molecule has 7 nitrogen and oxygen atoms in total. The molecule has 0 aliphatic carbocycles. The van der Waals surface area contributed by atoms with E-state index in [1.807, 2.05) is 55.5 Å². The number of allylic oxidation sites excluding steroid dienone is 1. The van der Waals surface area contributed by atoms with Crippen LogP contribution in [-0.4, -0.2) is 42.9 Å². The van der Waals surface area contributed by atoms with Gasteiger partial charge in [-0.25, -0.2) is 4.98 Å². The Bertz CT molecular complexity index is 1060. The number of aryl methyl sites for hydroxylation is 1. The molecule has 1 aromatic heterocycles. The van der Waals surface area contributed by atoms with Crippen LogP contribution in [0, 0.1) is 0 Å². The van der Waals surface area contributed by atoms with Gasteiger partial charge in [0.2, 0.25) is 5.91 Å². The largest absolute Gasteiger partial charge is 0.493 e. The average molecular weight is 438 g/mol. The van der Waals surface area contributed by atoms with Crippen molar-refractivity contribution in [1.29, 1.82) is 0 Å². The van der Waals surface area contributed by atoms with Crippen LogP contribution in [0.5, 0.6) is 11.5 Å². The van der Waals surface area contributed by atoms with E-state index in [9.17, 15) is 4.79 Å². The van der Waals surface area contributed by atoms with Gasteiger partial charge in [-0.05, 0) is 49.6 Å². The summed E-state index contributed by atoms with van der Waals surface area (Å²) in [5, 5.41) is 2.86. The van der Waals surface area contributed by atoms with Crippen molar-refractivity contribution in [3.8, 4) is 11.5 Å². The maximum absolute atomic E-state index is 11.8. The van der Waals surface area contributed by atoms with E-state index in [0.29, 0.717) is 13.2 Å². The highest BCUT2D eigenvalue weighted by Crippen LogP contribution is 2.28. The van der Waals surface area contributed by atoms with Gasteiger partial charge in [0.1, 0.15) is 12.4 Å². The van der Waals surface area contributed by atoms with Gasteiger partial charge in [-0.2, -0.15) is 0 Å². The Kier molecular flexibility index (Phi) is 8.69. The topological polar surface area (TPSA) is 74.6 Å². The Morgan fingerprint density at radius 3 is 2.75 bits per heavy atom. The number of unbranched alkanes of at least 4 members (excludes halogenated alkanes) is 1. The molecule has 1 amide bonds. The third-order valence-electron chi connectivity index (χ3n) is 5.03. The Hall–Kier alpha value is -3.32. The van der Waals surface area contributed by atoms with Crippen LogP contribution >= 0.6 is 0 Å². The summed E-state index contributed by atoms with van der Waals surface area (Å²) in [4.78, 5) is 16.5. The number of carbonyl (C=O) groups is 1. The van der Waals surface area contributed by atoms with Crippen LogP contribution in [0.2, 0.25) is 0 Å². The first-order valence-corrected chi connectivity index (χ1v) is 10.8. The zero-order chi connectivity index (χ0) is 22.8. The average Bonchev–Trinajstić information content (AvgIpc) is 3.16. The third-order valence-corrected chi connectivity index (χ3v) is 5.03. The Labute approximate surface area is 189 Å². The summed E-state index contributed by atoms with van der Waals surface area (Å²) in [6.45, 7) is 3.77. The summed E-state index contributed by atoms with van der Waals surface area (Å²) in [6.07, 6.45) is 5.81. The molecule has 0 bridgehead atoms. The second-order valence-corrected chi connectivity index (χ2v) is 7.34. The number of nitrogens with one attached hydrogen (secondary N) is 1. The fourth-order valence-electron chi connectivity index (χ4n) is 3.52. The normalized spacial score (nSPS) is 11.2. The SMILES string of the molecule is C/C=C/c1ccc(OCCCCn2c(CNC(=O)COC)nc3ccccc32)c(OC)c1. The number of para-hydroxylation sites is 2. The summed E-state index contributed by atoms with van der Waals surface area (Å²) in [5.74, 6) is 2.15. The van der Waals surface area contributed by atoms with Gasteiger partial charge in [0, 0.05) is 13.7 Å². The molecular formula is C25H31N3O4. The molecule has 3 rings (SSSR count). The third kappa shape index (κ3) is 6.11. The van der Waals surface area contributed by atoms with Crippen molar-refractivity contribution in [2.24, 2.45) is 0 Å². The van der Waals surface area contributed by atoms with Gasteiger partial charge < -0.3 is 24.1 Å². The zero-order valence-electron chi connectivity index (χ0n) is 19.0. The molecule has 0 aliphatic heterocycles. The highest BCUT2D eigenvalue weighted by molar-refractivity contribution is 5.78. The molecule has 1 heterocycles. The van der Waals surface area contributed by atoms with Gasteiger partial charge >= 0.3 is 0 Å². The molecule has 0 atom stereocenters. The molecular weight excluding hydrogens is 406 g/mol. The highest BCUT2D eigenvalue weighted by Gasteiger charge is 2.12. The lowest BCUT2D eigenvalue weighted by atomic mass is 10.2. The van der Waals surface area contributed by atoms with Crippen LogP contribution in [0.15, 0.2) is 48.5 Å². The molecule has 0 unspecified atom stereocenters. The molecule has 2 aromatic carbocycles. The van der Waals surface area contributed by atoms with Crippen LogP contribution in [0.1, 0.15) is 31.2 Å². The molecule has 0 fully saturated rings. The summed E-state index contributed by atoms with van der Waals surface area (Å²) in [5.41, 5.74) is 3.06. The predicted octanol–water partition coefficient (Wildman–Crippen LogP) is 4.20. The molecule has 170 valence electrons. The number of nitrogens with zero attached hydrogens (tertiary/aromatic N) is 2. The van der Waals surface area contributed by atoms with E-state index < -0.39 is 0 Å². The number of imidazole rings is 1. The van der Waals surface area contributed by atoms with Gasteiger partial charge in [-0.1, -0.05) is 30.4 Å². The fourth-order valence-corrected chi connectivity index (χ4v) is 3.52. The first kappa shape index (κ1) is 23.3. The van der Waals surface area contributed by atoms with Crippen molar-refractivity contribution in [1.82, 2.24) is 14.9 Å². The molecule has 0 saturated heterocycles. The van der Waals surface area contributed by atoms with Gasteiger partial charge in [0.05, 0.1) is 31.3 Å².